The Hall–Kier alpha value is -1.56. The van der Waals surface area contributed by atoms with Gasteiger partial charge in [0.15, 0.2) is 0 Å². The molecule has 1 aliphatic heterocycles. The molecule has 2 rings (SSSR count). The summed E-state index contributed by atoms with van der Waals surface area (Å²) in [5, 5.41) is 8.80. The van der Waals surface area contributed by atoms with E-state index < -0.39 is 11.6 Å². The molecule has 1 aromatic carbocycles. The molecule has 1 aliphatic rings. The molecule has 4 nitrogen and oxygen atoms in total. The zero-order chi connectivity index (χ0) is 15.5. The maximum Gasteiger partial charge on any atom is 0.343 e. The number of hydrogen-bond acceptors (Lipinski definition) is 3. The number of aliphatic carboxylic acids is 1. The molecule has 0 aromatic heterocycles. The molecule has 0 spiro atoms. The third-order valence-corrected chi connectivity index (χ3v) is 4.52. The maximum absolute atomic E-state index is 13.9. The van der Waals surface area contributed by atoms with E-state index in [0.29, 0.717) is 5.75 Å². The summed E-state index contributed by atoms with van der Waals surface area (Å²) in [6.45, 7) is 1.84. The first kappa shape index (κ1) is 15.8. The third kappa shape index (κ3) is 3.97. The van der Waals surface area contributed by atoms with Crippen LogP contribution < -0.4 is 0 Å². The van der Waals surface area contributed by atoms with Gasteiger partial charge in [0, 0.05) is 18.7 Å². The molecular formula is C15H18FNO3S. The fourth-order valence-corrected chi connectivity index (χ4v) is 3.18. The number of amides is 1. The van der Waals surface area contributed by atoms with Crippen molar-refractivity contribution in [1.29, 1.82) is 0 Å². The molecule has 1 atom stereocenters. The summed E-state index contributed by atoms with van der Waals surface area (Å²) in [6.07, 6.45) is -0.128. The largest absolute Gasteiger partial charge is 0.479 e. The number of carbonyl (C=O) groups excluding carboxylic acids is 1. The molecule has 1 unspecified atom stereocenters. The van der Waals surface area contributed by atoms with Gasteiger partial charge in [-0.3, -0.25) is 4.79 Å². The van der Waals surface area contributed by atoms with Gasteiger partial charge in [0.05, 0.1) is 12.3 Å². The van der Waals surface area contributed by atoms with E-state index in [1.165, 1.54) is 22.2 Å². The number of hydrogen-bond donors (Lipinski definition) is 1. The Morgan fingerprint density at radius 2 is 2.24 bits per heavy atom. The lowest BCUT2D eigenvalue weighted by atomic mass is 10.1. The van der Waals surface area contributed by atoms with Crippen molar-refractivity contribution in [3.05, 3.63) is 35.4 Å². The Balaban J connectivity index is 1.79. The minimum atomic E-state index is -2.28. The zero-order valence-corrected chi connectivity index (χ0v) is 12.7. The summed E-state index contributed by atoms with van der Waals surface area (Å²) in [4.78, 5) is 24.1. The van der Waals surface area contributed by atoms with Gasteiger partial charge in [0.2, 0.25) is 11.6 Å². The van der Waals surface area contributed by atoms with Gasteiger partial charge in [0.25, 0.3) is 0 Å². The number of aryl methyl sites for hydroxylation is 1. The lowest BCUT2D eigenvalue weighted by Gasteiger charge is -2.17. The first-order chi connectivity index (χ1) is 9.90. The van der Waals surface area contributed by atoms with E-state index in [0.717, 1.165) is 5.56 Å². The Labute approximate surface area is 127 Å². The highest BCUT2D eigenvalue weighted by atomic mass is 32.2. The Morgan fingerprint density at radius 1 is 1.48 bits per heavy atom. The highest BCUT2D eigenvalue weighted by Gasteiger charge is 2.46. The van der Waals surface area contributed by atoms with Gasteiger partial charge >= 0.3 is 5.97 Å². The second-order valence-electron chi connectivity index (χ2n) is 5.32. The van der Waals surface area contributed by atoms with Crippen LogP contribution in [0.3, 0.4) is 0 Å². The van der Waals surface area contributed by atoms with Crippen LogP contribution in [0.2, 0.25) is 0 Å². The molecule has 1 saturated heterocycles. The summed E-state index contributed by atoms with van der Waals surface area (Å²) in [5.74, 6) is -0.733. The quantitative estimate of drug-likeness (QED) is 0.906. The van der Waals surface area contributed by atoms with Crippen LogP contribution in [-0.2, 0) is 15.3 Å². The van der Waals surface area contributed by atoms with Crippen molar-refractivity contribution in [3.8, 4) is 0 Å². The Morgan fingerprint density at radius 3 is 2.86 bits per heavy atom. The van der Waals surface area contributed by atoms with Gasteiger partial charge < -0.3 is 10.0 Å². The van der Waals surface area contributed by atoms with E-state index in [9.17, 15) is 14.0 Å². The molecule has 0 aliphatic carbocycles. The van der Waals surface area contributed by atoms with Crippen LogP contribution in [0.15, 0.2) is 24.3 Å². The maximum atomic E-state index is 13.9. The highest BCUT2D eigenvalue weighted by molar-refractivity contribution is 7.99. The van der Waals surface area contributed by atoms with E-state index in [2.05, 4.69) is 6.07 Å². The number of thioether (sulfide) groups is 1. The van der Waals surface area contributed by atoms with Crippen LogP contribution in [0, 0.1) is 6.92 Å². The molecule has 0 saturated carbocycles. The molecule has 114 valence electrons. The number of likely N-dealkylation sites (tertiary alicyclic amines) is 1. The third-order valence-electron chi connectivity index (χ3n) is 3.53. The van der Waals surface area contributed by atoms with Crippen LogP contribution >= 0.6 is 11.8 Å². The van der Waals surface area contributed by atoms with Crippen LogP contribution in [0.4, 0.5) is 4.39 Å². The number of alkyl halides is 1. The predicted molar refractivity (Wildman–Crippen MR) is 80.0 cm³/mol. The van der Waals surface area contributed by atoms with Gasteiger partial charge in [-0.2, -0.15) is 0 Å². The summed E-state index contributed by atoms with van der Waals surface area (Å²) >= 11 is 1.46. The van der Waals surface area contributed by atoms with Crippen molar-refractivity contribution in [3.63, 3.8) is 0 Å². The molecule has 21 heavy (non-hydrogen) atoms. The number of rotatable bonds is 5. The van der Waals surface area contributed by atoms with Crippen molar-refractivity contribution in [2.75, 3.05) is 18.8 Å². The molecule has 1 aromatic rings. The second-order valence-corrected chi connectivity index (χ2v) is 6.30. The molecular weight excluding hydrogens is 293 g/mol. The van der Waals surface area contributed by atoms with E-state index >= 15 is 0 Å². The average molecular weight is 311 g/mol. The standard InChI is InChI=1S/C15H18FNO3S/c1-11-3-2-4-12(7-11)8-21-9-13(18)17-6-5-15(16,10-17)14(19)20/h2-4,7H,5-6,8-10H2,1H3,(H,19,20). The lowest BCUT2D eigenvalue weighted by Crippen LogP contribution is -2.39. The minimum Gasteiger partial charge on any atom is -0.479 e. The van der Waals surface area contributed by atoms with E-state index in [4.69, 9.17) is 5.11 Å². The van der Waals surface area contributed by atoms with E-state index in [-0.39, 0.29) is 31.2 Å². The van der Waals surface area contributed by atoms with E-state index in [1.807, 2.05) is 25.1 Å². The predicted octanol–water partition coefficient (Wildman–Crippen LogP) is 2.25. The number of nitrogens with zero attached hydrogens (tertiary/aromatic N) is 1. The van der Waals surface area contributed by atoms with Gasteiger partial charge in [-0.25, -0.2) is 9.18 Å². The molecule has 1 heterocycles. The molecule has 0 bridgehead atoms. The van der Waals surface area contributed by atoms with Crippen molar-refractivity contribution in [2.45, 2.75) is 24.8 Å². The van der Waals surface area contributed by atoms with Crippen LogP contribution in [0.1, 0.15) is 17.5 Å². The van der Waals surface area contributed by atoms with Crippen molar-refractivity contribution in [1.82, 2.24) is 4.90 Å². The monoisotopic (exact) mass is 311 g/mol. The normalized spacial score (nSPS) is 21.5. The number of carboxylic acids is 1. The van der Waals surface area contributed by atoms with Crippen molar-refractivity contribution < 1.29 is 19.1 Å². The number of halogens is 1. The first-order valence-electron chi connectivity index (χ1n) is 6.74. The van der Waals surface area contributed by atoms with Gasteiger partial charge in [-0.15, -0.1) is 11.8 Å². The number of carbonyl (C=O) groups is 2. The lowest BCUT2D eigenvalue weighted by molar-refractivity contribution is -0.150. The Kier molecular flexibility index (Phi) is 4.88. The fourth-order valence-electron chi connectivity index (χ4n) is 2.31. The summed E-state index contributed by atoms with van der Waals surface area (Å²) < 4.78 is 13.9. The van der Waals surface area contributed by atoms with Gasteiger partial charge in [0.1, 0.15) is 0 Å². The molecule has 0 radical (unpaired) electrons. The number of benzene rings is 1. The van der Waals surface area contributed by atoms with Crippen LogP contribution in [0.5, 0.6) is 0 Å². The van der Waals surface area contributed by atoms with Crippen LogP contribution in [-0.4, -0.2) is 46.4 Å². The average Bonchev–Trinajstić information content (AvgIpc) is 2.83. The fraction of sp³-hybridized carbons (Fsp3) is 0.467. The summed E-state index contributed by atoms with van der Waals surface area (Å²) in [5.41, 5.74) is 0.0267. The second kappa shape index (κ2) is 6.47. The molecule has 1 N–H and O–H groups in total. The van der Waals surface area contributed by atoms with E-state index in [1.54, 1.807) is 0 Å². The topological polar surface area (TPSA) is 57.6 Å². The minimum absolute atomic E-state index is 0.128. The van der Waals surface area contributed by atoms with Gasteiger partial charge in [-0.05, 0) is 12.5 Å². The summed E-state index contributed by atoms with van der Waals surface area (Å²) in [7, 11) is 0. The zero-order valence-electron chi connectivity index (χ0n) is 11.8. The molecule has 1 amide bonds. The Bertz CT molecular complexity index is 551. The van der Waals surface area contributed by atoms with Gasteiger partial charge in [-0.1, -0.05) is 29.8 Å². The number of carboxylic acid groups (broad SMARTS) is 1. The summed E-state index contributed by atoms with van der Waals surface area (Å²) in [6, 6.07) is 8.04. The highest BCUT2D eigenvalue weighted by Crippen LogP contribution is 2.26. The SMILES string of the molecule is Cc1cccc(CSCC(=O)N2CCC(F)(C(=O)O)C2)c1. The van der Waals surface area contributed by atoms with Crippen molar-refractivity contribution >= 4 is 23.6 Å². The molecule has 6 heteroatoms. The first-order valence-corrected chi connectivity index (χ1v) is 7.89. The van der Waals surface area contributed by atoms with Crippen molar-refractivity contribution in [2.24, 2.45) is 0 Å². The molecule has 1 fully saturated rings. The smallest absolute Gasteiger partial charge is 0.343 e. The van der Waals surface area contributed by atoms with Crippen LogP contribution in [0.25, 0.3) is 0 Å².